The normalized spacial score (nSPS) is 26.3. The fraction of sp³-hybridized carbons (Fsp3) is 0.550. The van der Waals surface area contributed by atoms with Gasteiger partial charge in [0.2, 0.25) is 0 Å². The van der Waals surface area contributed by atoms with Gasteiger partial charge in [-0.2, -0.15) is 13.2 Å². The van der Waals surface area contributed by atoms with Crippen LogP contribution < -0.4 is 10.1 Å². The lowest BCUT2D eigenvalue weighted by molar-refractivity contribution is -0.189. The minimum atomic E-state index is -5.09. The number of hydrogen-bond donors (Lipinski definition) is 2. The summed E-state index contributed by atoms with van der Waals surface area (Å²) in [4.78, 5) is 37.6. The first kappa shape index (κ1) is 22.9. The van der Waals surface area contributed by atoms with E-state index in [0.29, 0.717) is 31.2 Å². The third-order valence-electron chi connectivity index (χ3n) is 6.18. The SMILES string of the molecule is CN(C)[C@]1(c2cccc(OC(=O)C(F)(F)F)c2)CC[C@@]2(CC1)CN(CC(=O)O)C(=O)N2. The molecule has 1 saturated carbocycles. The number of nitrogens with one attached hydrogen (secondary N) is 1. The average Bonchev–Trinajstić information content (AvgIpc) is 2.96. The van der Waals surface area contributed by atoms with Gasteiger partial charge in [-0.1, -0.05) is 12.1 Å². The van der Waals surface area contributed by atoms with Crippen molar-refractivity contribution in [2.45, 2.75) is 42.9 Å². The van der Waals surface area contributed by atoms with E-state index in [-0.39, 0.29) is 18.8 Å². The lowest BCUT2D eigenvalue weighted by Crippen LogP contribution is -2.54. The summed E-state index contributed by atoms with van der Waals surface area (Å²) in [6.07, 6.45) is -2.84. The largest absolute Gasteiger partial charge is 0.491 e. The van der Waals surface area contributed by atoms with Gasteiger partial charge in [-0.25, -0.2) is 9.59 Å². The molecule has 170 valence electrons. The van der Waals surface area contributed by atoms with Gasteiger partial charge in [-0.05, 0) is 57.5 Å². The Morgan fingerprint density at radius 2 is 1.87 bits per heavy atom. The summed E-state index contributed by atoms with van der Waals surface area (Å²) in [7, 11) is 3.71. The summed E-state index contributed by atoms with van der Waals surface area (Å²) in [5.41, 5.74) is -0.393. The van der Waals surface area contributed by atoms with E-state index >= 15 is 0 Å². The summed E-state index contributed by atoms with van der Waals surface area (Å²) >= 11 is 0. The van der Waals surface area contributed by atoms with E-state index in [4.69, 9.17) is 5.11 Å². The topological polar surface area (TPSA) is 99.2 Å². The number of alkyl halides is 3. The van der Waals surface area contributed by atoms with Crippen molar-refractivity contribution in [1.29, 1.82) is 0 Å². The maximum Gasteiger partial charge on any atom is 0.491 e. The number of carboxylic acids is 1. The molecule has 0 aromatic heterocycles. The number of urea groups is 1. The van der Waals surface area contributed by atoms with Crippen LogP contribution in [0.4, 0.5) is 18.0 Å². The van der Waals surface area contributed by atoms with Gasteiger partial charge in [-0.15, -0.1) is 0 Å². The summed E-state index contributed by atoms with van der Waals surface area (Å²) in [6, 6.07) is 5.62. The second-order valence-corrected chi connectivity index (χ2v) is 8.30. The molecule has 0 unspecified atom stereocenters. The Kier molecular flexibility index (Phi) is 5.92. The standard InChI is InChI=1S/C20H24F3N3O5/c1-25(2)19(13-4-3-5-14(10-13)31-16(29)20(21,22)23)8-6-18(7-9-19)12-26(11-15(27)28)17(30)24-18/h3-5,10H,6-9,11-12H2,1-2H3,(H,24,30)(H,27,28)/t18-,19-. The zero-order chi connectivity index (χ0) is 23.0. The third kappa shape index (κ3) is 4.60. The smallest absolute Gasteiger partial charge is 0.480 e. The highest BCUT2D eigenvalue weighted by molar-refractivity contribution is 5.82. The molecule has 2 N–H and O–H groups in total. The zero-order valence-corrected chi connectivity index (χ0v) is 17.2. The Bertz CT molecular complexity index is 879. The quantitative estimate of drug-likeness (QED) is 0.536. The van der Waals surface area contributed by atoms with Crippen molar-refractivity contribution in [3.05, 3.63) is 29.8 Å². The third-order valence-corrected chi connectivity index (χ3v) is 6.18. The van der Waals surface area contributed by atoms with Crippen LogP contribution in [0.1, 0.15) is 31.2 Å². The van der Waals surface area contributed by atoms with Crippen LogP contribution in [0.2, 0.25) is 0 Å². The van der Waals surface area contributed by atoms with E-state index in [1.165, 1.54) is 23.1 Å². The molecule has 0 radical (unpaired) electrons. The maximum absolute atomic E-state index is 12.5. The number of benzene rings is 1. The van der Waals surface area contributed by atoms with E-state index < -0.39 is 35.2 Å². The molecule has 1 spiro atoms. The maximum atomic E-state index is 12.5. The fourth-order valence-electron chi connectivity index (χ4n) is 4.51. The van der Waals surface area contributed by atoms with E-state index in [0.717, 1.165) is 0 Å². The molecular weight excluding hydrogens is 419 g/mol. The Labute approximate surface area is 176 Å². The zero-order valence-electron chi connectivity index (χ0n) is 17.2. The second kappa shape index (κ2) is 8.03. The average molecular weight is 443 g/mol. The van der Waals surface area contributed by atoms with E-state index in [1.807, 2.05) is 19.0 Å². The van der Waals surface area contributed by atoms with Crippen LogP contribution in [0.3, 0.4) is 0 Å². The minimum Gasteiger partial charge on any atom is -0.480 e. The molecule has 3 rings (SSSR count). The molecule has 8 nitrogen and oxygen atoms in total. The van der Waals surface area contributed by atoms with Crippen molar-refractivity contribution in [3.8, 4) is 5.75 Å². The molecule has 31 heavy (non-hydrogen) atoms. The lowest BCUT2D eigenvalue weighted by Gasteiger charge is -2.48. The van der Waals surface area contributed by atoms with Crippen LogP contribution in [0.5, 0.6) is 5.75 Å². The van der Waals surface area contributed by atoms with Crippen LogP contribution >= 0.6 is 0 Å². The molecule has 2 amide bonds. The molecule has 1 aromatic carbocycles. The summed E-state index contributed by atoms with van der Waals surface area (Å²) in [5, 5.41) is 11.9. The van der Waals surface area contributed by atoms with Gasteiger partial charge in [0, 0.05) is 12.1 Å². The van der Waals surface area contributed by atoms with Crippen LogP contribution in [-0.4, -0.2) is 71.8 Å². The predicted octanol–water partition coefficient (Wildman–Crippen LogP) is 2.33. The molecule has 1 aliphatic heterocycles. The number of carboxylic acid groups (broad SMARTS) is 1. The van der Waals surface area contributed by atoms with Crippen molar-refractivity contribution < 1.29 is 37.4 Å². The molecule has 0 atom stereocenters. The van der Waals surface area contributed by atoms with Crippen LogP contribution in [-0.2, 0) is 15.1 Å². The van der Waals surface area contributed by atoms with Gasteiger partial charge in [0.05, 0.1) is 5.54 Å². The van der Waals surface area contributed by atoms with Gasteiger partial charge in [0.1, 0.15) is 12.3 Å². The fourth-order valence-corrected chi connectivity index (χ4v) is 4.51. The van der Waals surface area contributed by atoms with Crippen molar-refractivity contribution in [1.82, 2.24) is 15.1 Å². The predicted molar refractivity (Wildman–Crippen MR) is 102 cm³/mol. The Morgan fingerprint density at radius 3 is 2.42 bits per heavy atom. The van der Waals surface area contributed by atoms with Gasteiger partial charge in [0.25, 0.3) is 0 Å². The molecule has 1 heterocycles. The molecule has 0 bridgehead atoms. The summed E-state index contributed by atoms with van der Waals surface area (Å²) < 4.78 is 42.1. The van der Waals surface area contributed by atoms with Gasteiger partial charge in [-0.3, -0.25) is 9.69 Å². The second-order valence-electron chi connectivity index (χ2n) is 8.30. The number of amides is 2. The highest BCUT2D eigenvalue weighted by atomic mass is 19.4. The van der Waals surface area contributed by atoms with Gasteiger partial charge < -0.3 is 20.1 Å². The van der Waals surface area contributed by atoms with Crippen LogP contribution in [0.25, 0.3) is 0 Å². The van der Waals surface area contributed by atoms with Crippen molar-refractivity contribution in [3.63, 3.8) is 0 Å². The van der Waals surface area contributed by atoms with Crippen LogP contribution in [0, 0.1) is 0 Å². The van der Waals surface area contributed by atoms with E-state index in [2.05, 4.69) is 10.1 Å². The number of carbonyl (C=O) groups excluding carboxylic acids is 2. The number of halogens is 3. The molecule has 1 aliphatic carbocycles. The molecule has 1 saturated heterocycles. The van der Waals surface area contributed by atoms with E-state index in [1.54, 1.807) is 6.07 Å². The highest BCUT2D eigenvalue weighted by Gasteiger charge is 2.50. The van der Waals surface area contributed by atoms with Gasteiger partial charge >= 0.3 is 24.1 Å². The first-order valence-corrected chi connectivity index (χ1v) is 9.73. The number of nitrogens with zero attached hydrogens (tertiary/aromatic N) is 2. The Morgan fingerprint density at radius 1 is 1.23 bits per heavy atom. The monoisotopic (exact) mass is 443 g/mol. The van der Waals surface area contributed by atoms with Crippen molar-refractivity contribution >= 4 is 18.0 Å². The number of aliphatic carboxylic acids is 1. The number of hydrogen-bond acceptors (Lipinski definition) is 5. The minimum absolute atomic E-state index is 0.192. The number of carbonyl (C=O) groups is 3. The molecule has 1 aromatic rings. The highest BCUT2D eigenvalue weighted by Crippen LogP contribution is 2.46. The number of ether oxygens (including phenoxy) is 1. The number of esters is 1. The first-order valence-electron chi connectivity index (χ1n) is 9.73. The van der Waals surface area contributed by atoms with Crippen molar-refractivity contribution in [2.24, 2.45) is 0 Å². The Balaban J connectivity index is 1.80. The lowest BCUT2D eigenvalue weighted by atomic mass is 9.69. The number of rotatable bonds is 5. The first-order chi connectivity index (χ1) is 14.4. The van der Waals surface area contributed by atoms with Crippen LogP contribution in [0.15, 0.2) is 24.3 Å². The molecular formula is C20H24F3N3O5. The Hall–Kier alpha value is -2.82. The molecule has 2 fully saturated rings. The van der Waals surface area contributed by atoms with Gasteiger partial charge in [0.15, 0.2) is 0 Å². The van der Waals surface area contributed by atoms with E-state index in [9.17, 15) is 27.6 Å². The van der Waals surface area contributed by atoms with Crippen molar-refractivity contribution in [2.75, 3.05) is 27.2 Å². The summed E-state index contributed by atoms with van der Waals surface area (Å²) in [6.45, 7) is -0.0934. The summed E-state index contributed by atoms with van der Waals surface area (Å²) in [5.74, 6) is -3.56. The molecule has 2 aliphatic rings. The molecule has 11 heteroatoms.